The third kappa shape index (κ3) is 7.88. The highest BCUT2D eigenvalue weighted by Gasteiger charge is 2.15. The second kappa shape index (κ2) is 8.20. The van der Waals surface area contributed by atoms with Crippen molar-refractivity contribution in [3.05, 3.63) is 18.2 Å². The number of aromatic hydroxyl groups is 3. The number of nitrogens with one attached hydrogen (secondary N) is 1. The van der Waals surface area contributed by atoms with Crippen molar-refractivity contribution in [2.24, 2.45) is 5.92 Å². The third-order valence-corrected chi connectivity index (χ3v) is 2.24. The zero-order valence-electron chi connectivity index (χ0n) is 11.3. The van der Waals surface area contributed by atoms with Crippen LogP contribution in [0.1, 0.15) is 20.3 Å². The average molecular weight is 271 g/mol. The van der Waals surface area contributed by atoms with Gasteiger partial charge in [-0.3, -0.25) is 4.79 Å². The van der Waals surface area contributed by atoms with Gasteiger partial charge in [-0.2, -0.15) is 0 Å². The molecule has 19 heavy (non-hydrogen) atoms. The van der Waals surface area contributed by atoms with E-state index in [0.717, 1.165) is 18.2 Å². The summed E-state index contributed by atoms with van der Waals surface area (Å²) in [5.74, 6) is -0.780. The second-order valence-corrected chi connectivity index (χ2v) is 4.52. The van der Waals surface area contributed by atoms with Crippen LogP contribution in [0.4, 0.5) is 0 Å². The fourth-order valence-electron chi connectivity index (χ4n) is 1.39. The summed E-state index contributed by atoms with van der Waals surface area (Å²) < 4.78 is 0. The van der Waals surface area contributed by atoms with E-state index in [4.69, 9.17) is 20.4 Å². The lowest BCUT2D eigenvalue weighted by Crippen LogP contribution is -2.34. The van der Waals surface area contributed by atoms with Crippen LogP contribution >= 0.6 is 0 Å². The molecule has 0 amide bonds. The monoisotopic (exact) mass is 271 g/mol. The smallest absolute Gasteiger partial charge is 0.320 e. The van der Waals surface area contributed by atoms with Gasteiger partial charge in [0.2, 0.25) is 0 Å². The van der Waals surface area contributed by atoms with Gasteiger partial charge in [0.15, 0.2) is 0 Å². The fourth-order valence-corrected chi connectivity index (χ4v) is 1.39. The molecule has 1 unspecified atom stereocenters. The van der Waals surface area contributed by atoms with E-state index in [0.29, 0.717) is 12.3 Å². The normalized spacial score (nSPS) is 11.6. The summed E-state index contributed by atoms with van der Waals surface area (Å²) in [4.78, 5) is 10.4. The summed E-state index contributed by atoms with van der Waals surface area (Å²) >= 11 is 0. The van der Waals surface area contributed by atoms with Crippen molar-refractivity contribution in [1.29, 1.82) is 0 Å². The van der Waals surface area contributed by atoms with Gasteiger partial charge in [-0.15, -0.1) is 0 Å². The minimum Gasteiger partial charge on any atom is -0.508 e. The largest absolute Gasteiger partial charge is 0.508 e. The van der Waals surface area contributed by atoms with Crippen molar-refractivity contribution in [1.82, 2.24) is 5.32 Å². The summed E-state index contributed by atoms with van der Waals surface area (Å²) in [6, 6.07) is 3.03. The van der Waals surface area contributed by atoms with Gasteiger partial charge >= 0.3 is 5.97 Å². The van der Waals surface area contributed by atoms with Crippen LogP contribution < -0.4 is 5.32 Å². The highest BCUT2D eigenvalue weighted by molar-refractivity contribution is 5.73. The summed E-state index contributed by atoms with van der Waals surface area (Å²) in [7, 11) is 1.67. The number of phenols is 3. The van der Waals surface area contributed by atoms with Crippen LogP contribution in [0.3, 0.4) is 0 Å². The average Bonchev–Trinajstić information content (AvgIpc) is 2.24. The Hall–Kier alpha value is -1.95. The lowest BCUT2D eigenvalue weighted by molar-refractivity contribution is -0.139. The molecule has 1 atom stereocenters. The molecule has 0 radical (unpaired) electrons. The van der Waals surface area contributed by atoms with Crippen LogP contribution in [0.2, 0.25) is 0 Å². The number of aliphatic carboxylic acids is 1. The standard InChI is InChI=1S/C7H15NO2.C6H6O3/c1-5(2)4-6(8-3)7(9)10;7-4-1-5(8)3-6(9)2-4/h5-6,8H,4H2,1-3H3,(H,9,10);1-3,7-9H. The molecule has 0 aliphatic carbocycles. The van der Waals surface area contributed by atoms with Crippen molar-refractivity contribution in [2.75, 3.05) is 7.05 Å². The van der Waals surface area contributed by atoms with Crippen LogP contribution in [-0.2, 0) is 4.79 Å². The number of carbonyl (C=O) groups is 1. The maximum Gasteiger partial charge on any atom is 0.320 e. The van der Waals surface area contributed by atoms with Crippen molar-refractivity contribution >= 4 is 5.97 Å². The number of rotatable bonds is 4. The number of carboxylic acids is 1. The molecule has 5 N–H and O–H groups in total. The maximum atomic E-state index is 10.4. The number of phenolic OH excluding ortho intramolecular Hbond substituents is 3. The van der Waals surface area contributed by atoms with Crippen molar-refractivity contribution < 1.29 is 25.2 Å². The Morgan fingerprint density at radius 3 is 1.63 bits per heavy atom. The molecular formula is C13H21NO5. The molecule has 0 saturated heterocycles. The van der Waals surface area contributed by atoms with E-state index in [1.807, 2.05) is 13.8 Å². The van der Waals surface area contributed by atoms with Crippen LogP contribution in [0.15, 0.2) is 18.2 Å². The number of benzene rings is 1. The molecule has 0 saturated carbocycles. The summed E-state index contributed by atoms with van der Waals surface area (Å²) in [5.41, 5.74) is 0. The van der Waals surface area contributed by atoms with Crippen LogP contribution in [0.5, 0.6) is 17.2 Å². The number of likely N-dealkylation sites (N-methyl/N-ethyl adjacent to an activating group) is 1. The first-order chi connectivity index (χ1) is 8.76. The molecule has 1 rings (SSSR count). The highest BCUT2D eigenvalue weighted by Crippen LogP contribution is 2.23. The van der Waals surface area contributed by atoms with Crippen LogP contribution in [0.25, 0.3) is 0 Å². The van der Waals surface area contributed by atoms with Crippen molar-refractivity contribution in [3.8, 4) is 17.2 Å². The Labute approximate surface area is 112 Å². The van der Waals surface area contributed by atoms with E-state index in [9.17, 15) is 4.79 Å². The Morgan fingerprint density at radius 2 is 1.47 bits per heavy atom. The van der Waals surface area contributed by atoms with Crippen molar-refractivity contribution in [2.45, 2.75) is 26.3 Å². The molecule has 1 aromatic carbocycles. The van der Waals surface area contributed by atoms with Gasteiger partial charge in [0.1, 0.15) is 23.3 Å². The van der Waals surface area contributed by atoms with E-state index < -0.39 is 5.97 Å². The molecular weight excluding hydrogens is 250 g/mol. The minimum atomic E-state index is -0.767. The quantitative estimate of drug-likeness (QED) is 0.568. The molecule has 108 valence electrons. The van der Waals surface area contributed by atoms with E-state index >= 15 is 0 Å². The van der Waals surface area contributed by atoms with Gasteiger partial charge in [0, 0.05) is 18.2 Å². The number of hydrogen-bond acceptors (Lipinski definition) is 5. The van der Waals surface area contributed by atoms with Crippen molar-refractivity contribution in [3.63, 3.8) is 0 Å². The first-order valence-corrected chi connectivity index (χ1v) is 5.88. The number of hydrogen-bond donors (Lipinski definition) is 5. The first kappa shape index (κ1) is 17.1. The van der Waals surface area contributed by atoms with Crippen LogP contribution in [0, 0.1) is 5.92 Å². The van der Waals surface area contributed by atoms with Gasteiger partial charge in [0.05, 0.1) is 0 Å². The lowest BCUT2D eigenvalue weighted by Gasteiger charge is -2.12. The highest BCUT2D eigenvalue weighted by atomic mass is 16.4. The lowest BCUT2D eigenvalue weighted by atomic mass is 10.0. The van der Waals surface area contributed by atoms with Crippen LogP contribution in [-0.4, -0.2) is 39.5 Å². The predicted octanol–water partition coefficient (Wildman–Crippen LogP) is 1.51. The SMILES string of the molecule is CNC(CC(C)C)C(=O)O.Oc1cc(O)cc(O)c1. The molecule has 0 bridgehead atoms. The third-order valence-electron chi connectivity index (χ3n) is 2.24. The molecule has 0 spiro atoms. The van der Waals surface area contributed by atoms with E-state index in [-0.39, 0.29) is 23.3 Å². The van der Waals surface area contributed by atoms with E-state index in [1.165, 1.54) is 0 Å². The van der Waals surface area contributed by atoms with Gasteiger partial charge in [-0.05, 0) is 19.4 Å². The molecule has 0 aliphatic rings. The molecule has 6 heteroatoms. The molecule has 0 aliphatic heterocycles. The first-order valence-electron chi connectivity index (χ1n) is 5.88. The van der Waals surface area contributed by atoms with Gasteiger partial charge in [-0.25, -0.2) is 0 Å². The molecule has 0 fully saturated rings. The predicted molar refractivity (Wildman–Crippen MR) is 71.4 cm³/mol. The zero-order chi connectivity index (χ0) is 15.0. The fraction of sp³-hybridized carbons (Fsp3) is 0.462. The second-order valence-electron chi connectivity index (χ2n) is 4.52. The maximum absolute atomic E-state index is 10.4. The summed E-state index contributed by atoms with van der Waals surface area (Å²) in [5, 5.41) is 37.3. The Kier molecular flexibility index (Phi) is 7.36. The Morgan fingerprint density at radius 1 is 1.11 bits per heavy atom. The van der Waals surface area contributed by atoms with E-state index in [2.05, 4.69) is 5.32 Å². The van der Waals surface area contributed by atoms with Gasteiger partial charge in [-0.1, -0.05) is 13.8 Å². The van der Waals surface area contributed by atoms with E-state index in [1.54, 1.807) is 7.05 Å². The van der Waals surface area contributed by atoms with Gasteiger partial charge in [0.25, 0.3) is 0 Å². The summed E-state index contributed by atoms with van der Waals surface area (Å²) in [6.45, 7) is 4.01. The minimum absolute atomic E-state index is 0.146. The topological polar surface area (TPSA) is 110 Å². The molecule has 6 nitrogen and oxygen atoms in total. The Balaban J connectivity index is 0.000000342. The molecule has 0 heterocycles. The zero-order valence-corrected chi connectivity index (χ0v) is 11.3. The van der Waals surface area contributed by atoms with Gasteiger partial charge < -0.3 is 25.7 Å². The number of carboxylic acid groups (broad SMARTS) is 1. The summed E-state index contributed by atoms with van der Waals surface area (Å²) in [6.07, 6.45) is 0.686. The molecule has 0 aromatic heterocycles. The Bertz CT molecular complexity index is 356. The molecule has 1 aromatic rings.